The minimum Gasteiger partial charge on any atom is -0.129 e. The summed E-state index contributed by atoms with van der Waals surface area (Å²) in [4.78, 5) is 1.47. The monoisotopic (exact) mass is 254 g/mol. The Morgan fingerprint density at radius 2 is 1.78 bits per heavy atom. The van der Waals surface area contributed by atoms with Crippen molar-refractivity contribution in [3.63, 3.8) is 0 Å². The van der Waals surface area contributed by atoms with Crippen molar-refractivity contribution in [2.24, 2.45) is 0 Å². The molecule has 0 saturated carbocycles. The van der Waals surface area contributed by atoms with Crippen LogP contribution in [0.3, 0.4) is 0 Å². The van der Waals surface area contributed by atoms with Gasteiger partial charge in [0.1, 0.15) is 0 Å². The predicted octanol–water partition coefficient (Wildman–Crippen LogP) is 4.80. The molecule has 1 unspecified atom stereocenters. The van der Waals surface area contributed by atoms with E-state index in [-0.39, 0.29) is 0 Å². The quantitative estimate of drug-likeness (QED) is 0.694. The minimum absolute atomic E-state index is 0.601. The minimum atomic E-state index is 0.601. The van der Waals surface area contributed by atoms with E-state index in [4.69, 9.17) is 0 Å². The van der Waals surface area contributed by atoms with Crippen molar-refractivity contribution in [1.82, 2.24) is 0 Å². The Bertz CT molecular complexity index is 572. The third-order valence-electron chi connectivity index (χ3n) is 3.95. The molecule has 18 heavy (non-hydrogen) atoms. The van der Waals surface area contributed by atoms with E-state index in [0.29, 0.717) is 5.92 Å². The van der Waals surface area contributed by atoms with Crippen LogP contribution in [-0.4, -0.2) is 6.26 Å². The predicted molar refractivity (Wildman–Crippen MR) is 79.6 cm³/mol. The highest BCUT2D eigenvalue weighted by Crippen LogP contribution is 2.42. The smallest absolute Gasteiger partial charge is 0.0137 e. The Balaban J connectivity index is 2.10. The van der Waals surface area contributed by atoms with E-state index in [1.54, 1.807) is 5.56 Å². The van der Waals surface area contributed by atoms with Crippen molar-refractivity contribution < 1.29 is 0 Å². The van der Waals surface area contributed by atoms with Gasteiger partial charge in [-0.2, -0.15) is 0 Å². The molecule has 0 radical (unpaired) electrons. The first-order valence-corrected chi connectivity index (χ1v) is 7.75. The summed E-state index contributed by atoms with van der Waals surface area (Å²) in [7, 11) is 0. The van der Waals surface area contributed by atoms with E-state index in [1.165, 1.54) is 34.4 Å². The van der Waals surface area contributed by atoms with Crippen LogP contribution in [-0.2, 0) is 6.42 Å². The Morgan fingerprint density at radius 1 is 1.00 bits per heavy atom. The number of benzene rings is 2. The summed E-state index contributed by atoms with van der Waals surface area (Å²) in [5, 5.41) is 0. The third-order valence-corrected chi connectivity index (χ3v) is 4.92. The SMILES string of the molecule is CSc1c(C)cccc1C1CCc2ccccc21. The fourth-order valence-corrected chi connectivity index (χ4v) is 3.94. The highest BCUT2D eigenvalue weighted by Gasteiger charge is 2.25. The summed E-state index contributed by atoms with van der Waals surface area (Å²) in [6, 6.07) is 15.6. The Labute approximate surface area is 113 Å². The Kier molecular flexibility index (Phi) is 3.17. The van der Waals surface area contributed by atoms with Gasteiger partial charge in [0.15, 0.2) is 0 Å². The van der Waals surface area contributed by atoms with E-state index in [2.05, 4.69) is 55.6 Å². The number of fused-ring (bicyclic) bond motifs is 1. The molecule has 3 rings (SSSR count). The molecule has 0 saturated heterocycles. The van der Waals surface area contributed by atoms with Crippen LogP contribution >= 0.6 is 11.8 Å². The number of hydrogen-bond acceptors (Lipinski definition) is 1. The maximum Gasteiger partial charge on any atom is 0.0137 e. The second-order valence-corrected chi connectivity index (χ2v) is 5.80. The van der Waals surface area contributed by atoms with Crippen LogP contribution in [0.1, 0.15) is 34.6 Å². The second-order valence-electron chi connectivity index (χ2n) is 4.99. The molecule has 92 valence electrons. The third kappa shape index (κ3) is 1.87. The summed E-state index contributed by atoms with van der Waals surface area (Å²) < 4.78 is 0. The maximum absolute atomic E-state index is 2.31. The van der Waals surface area contributed by atoms with Gasteiger partial charge in [0.05, 0.1) is 0 Å². The molecule has 0 aliphatic heterocycles. The van der Waals surface area contributed by atoms with Gasteiger partial charge in [-0.3, -0.25) is 0 Å². The lowest BCUT2D eigenvalue weighted by Crippen LogP contribution is -1.99. The molecule has 0 N–H and O–H groups in total. The van der Waals surface area contributed by atoms with Crippen molar-refractivity contribution in [3.8, 4) is 0 Å². The molecule has 1 heteroatoms. The molecule has 2 aromatic carbocycles. The van der Waals surface area contributed by atoms with Gasteiger partial charge < -0.3 is 0 Å². The van der Waals surface area contributed by atoms with Gasteiger partial charge in [-0.05, 0) is 48.3 Å². The molecule has 0 aromatic heterocycles. The molecule has 0 bridgehead atoms. The second kappa shape index (κ2) is 4.81. The number of hydrogen-bond donors (Lipinski definition) is 0. The molecule has 0 fully saturated rings. The van der Waals surface area contributed by atoms with Crippen LogP contribution in [0.2, 0.25) is 0 Å². The molecule has 1 atom stereocenters. The van der Waals surface area contributed by atoms with Gasteiger partial charge in [-0.25, -0.2) is 0 Å². The first kappa shape index (κ1) is 11.9. The lowest BCUT2D eigenvalue weighted by atomic mass is 9.92. The van der Waals surface area contributed by atoms with Crippen molar-refractivity contribution in [2.45, 2.75) is 30.6 Å². The average Bonchev–Trinajstić information content (AvgIpc) is 2.82. The van der Waals surface area contributed by atoms with Crippen molar-refractivity contribution in [2.75, 3.05) is 6.26 Å². The highest BCUT2D eigenvalue weighted by atomic mass is 32.2. The summed E-state index contributed by atoms with van der Waals surface area (Å²) in [6.07, 6.45) is 4.67. The molecule has 1 aliphatic carbocycles. The van der Waals surface area contributed by atoms with Gasteiger partial charge in [-0.1, -0.05) is 42.5 Å². The topological polar surface area (TPSA) is 0 Å². The lowest BCUT2D eigenvalue weighted by molar-refractivity contribution is 0.771. The fraction of sp³-hybridized carbons (Fsp3) is 0.294. The van der Waals surface area contributed by atoms with Crippen molar-refractivity contribution >= 4 is 11.8 Å². The maximum atomic E-state index is 2.31. The van der Waals surface area contributed by atoms with Crippen LogP contribution in [0.25, 0.3) is 0 Å². The molecule has 1 aliphatic rings. The van der Waals surface area contributed by atoms with E-state index >= 15 is 0 Å². The Morgan fingerprint density at radius 3 is 2.61 bits per heavy atom. The molecular formula is C17H18S. The summed E-state index contributed by atoms with van der Waals surface area (Å²) in [6.45, 7) is 2.22. The van der Waals surface area contributed by atoms with Gasteiger partial charge >= 0.3 is 0 Å². The number of aryl methyl sites for hydroxylation is 2. The van der Waals surface area contributed by atoms with Crippen LogP contribution in [0, 0.1) is 6.92 Å². The van der Waals surface area contributed by atoms with Crippen LogP contribution in [0.5, 0.6) is 0 Å². The van der Waals surface area contributed by atoms with E-state index in [1.807, 2.05) is 11.8 Å². The summed E-state index contributed by atoms with van der Waals surface area (Å²) >= 11 is 1.88. The van der Waals surface area contributed by atoms with Crippen molar-refractivity contribution in [3.05, 3.63) is 64.7 Å². The highest BCUT2D eigenvalue weighted by molar-refractivity contribution is 7.98. The van der Waals surface area contributed by atoms with Crippen molar-refractivity contribution in [1.29, 1.82) is 0 Å². The van der Waals surface area contributed by atoms with Gasteiger partial charge in [-0.15, -0.1) is 11.8 Å². The van der Waals surface area contributed by atoms with Gasteiger partial charge in [0.2, 0.25) is 0 Å². The molecule has 0 nitrogen and oxygen atoms in total. The van der Waals surface area contributed by atoms with Gasteiger partial charge in [0.25, 0.3) is 0 Å². The zero-order valence-corrected chi connectivity index (χ0v) is 11.8. The van der Waals surface area contributed by atoms with E-state index in [9.17, 15) is 0 Å². The first-order chi connectivity index (χ1) is 8.81. The molecule has 0 spiro atoms. The Hall–Kier alpha value is -1.21. The van der Waals surface area contributed by atoms with E-state index in [0.717, 1.165) is 0 Å². The van der Waals surface area contributed by atoms with Crippen LogP contribution < -0.4 is 0 Å². The normalized spacial score (nSPS) is 17.8. The number of rotatable bonds is 2. The largest absolute Gasteiger partial charge is 0.129 e. The average molecular weight is 254 g/mol. The molecule has 0 heterocycles. The van der Waals surface area contributed by atoms with E-state index < -0.39 is 0 Å². The van der Waals surface area contributed by atoms with Crippen LogP contribution in [0.4, 0.5) is 0 Å². The fourth-order valence-electron chi connectivity index (χ4n) is 3.11. The standard InChI is InChI=1S/C17H18S/c1-12-6-5-9-16(17(12)18-2)15-11-10-13-7-3-4-8-14(13)15/h3-9,15H,10-11H2,1-2H3. The summed E-state index contributed by atoms with van der Waals surface area (Å²) in [5.74, 6) is 0.601. The molecule has 2 aromatic rings. The molecular weight excluding hydrogens is 236 g/mol. The lowest BCUT2D eigenvalue weighted by Gasteiger charge is -2.17. The molecule has 0 amide bonds. The zero-order valence-electron chi connectivity index (χ0n) is 10.9. The summed E-state index contributed by atoms with van der Waals surface area (Å²) in [5.41, 5.74) is 6.01. The van der Waals surface area contributed by atoms with Gasteiger partial charge in [0, 0.05) is 10.8 Å². The number of thioether (sulfide) groups is 1. The first-order valence-electron chi connectivity index (χ1n) is 6.52. The zero-order chi connectivity index (χ0) is 12.5. The van der Waals surface area contributed by atoms with Crippen LogP contribution in [0.15, 0.2) is 47.4 Å².